The van der Waals surface area contributed by atoms with Gasteiger partial charge in [0.2, 0.25) is 10.0 Å². The van der Waals surface area contributed by atoms with Gasteiger partial charge in [-0.05, 0) is 44.5 Å². The Balaban J connectivity index is 1.87. The lowest BCUT2D eigenvalue weighted by Gasteiger charge is -2.32. The van der Waals surface area contributed by atoms with E-state index in [-0.39, 0.29) is 10.8 Å². The van der Waals surface area contributed by atoms with Crippen molar-refractivity contribution in [3.63, 3.8) is 0 Å². The summed E-state index contributed by atoms with van der Waals surface area (Å²) in [4.78, 5) is 17.0. The maximum Gasteiger partial charge on any atom is 0.253 e. The van der Waals surface area contributed by atoms with E-state index in [1.54, 1.807) is 30.0 Å². The summed E-state index contributed by atoms with van der Waals surface area (Å²) in [7, 11) is -1.47. The molecule has 1 aromatic rings. The predicted molar refractivity (Wildman–Crippen MR) is 92.6 cm³/mol. The fraction of sp³-hybridized carbons (Fsp3) is 0.588. The van der Waals surface area contributed by atoms with E-state index in [0.29, 0.717) is 37.3 Å². The topological polar surface area (TPSA) is 60.9 Å². The maximum absolute atomic E-state index is 12.8. The fourth-order valence-electron chi connectivity index (χ4n) is 3.27. The highest BCUT2D eigenvalue weighted by atomic mass is 32.2. The Morgan fingerprint density at radius 3 is 2.25 bits per heavy atom. The normalized spacial score (nSPS) is 20.5. The van der Waals surface area contributed by atoms with Gasteiger partial charge >= 0.3 is 0 Å². The molecule has 0 N–H and O–H groups in total. The van der Waals surface area contributed by atoms with Gasteiger partial charge in [0, 0.05) is 44.8 Å². The summed E-state index contributed by atoms with van der Waals surface area (Å²) in [5.74, 6) is -0.0824. The summed E-state index contributed by atoms with van der Waals surface area (Å²) in [6.07, 6.45) is 1.80. The number of hydrogen-bond acceptors (Lipinski definition) is 4. The molecule has 0 aliphatic carbocycles. The minimum Gasteiger partial charge on any atom is -0.336 e. The number of amides is 1. The van der Waals surface area contributed by atoms with E-state index < -0.39 is 10.0 Å². The van der Waals surface area contributed by atoms with Crippen LogP contribution in [-0.4, -0.2) is 74.7 Å². The Bertz CT molecular complexity index is 719. The highest BCUT2D eigenvalue weighted by molar-refractivity contribution is 7.89. The van der Waals surface area contributed by atoms with Crippen LogP contribution in [0.2, 0.25) is 0 Å². The minimum atomic E-state index is -3.51. The van der Waals surface area contributed by atoms with Crippen molar-refractivity contribution >= 4 is 15.9 Å². The van der Waals surface area contributed by atoms with Crippen molar-refractivity contribution in [1.82, 2.24) is 14.1 Å². The van der Waals surface area contributed by atoms with Crippen LogP contribution in [0.1, 0.15) is 28.8 Å². The summed E-state index contributed by atoms with van der Waals surface area (Å²) < 4.78 is 27.2. The van der Waals surface area contributed by atoms with Gasteiger partial charge in [0.05, 0.1) is 4.90 Å². The highest BCUT2D eigenvalue weighted by Crippen LogP contribution is 2.25. The fourth-order valence-corrected chi connectivity index (χ4v) is 5.04. The first-order chi connectivity index (χ1) is 11.4. The smallest absolute Gasteiger partial charge is 0.253 e. The average Bonchev–Trinajstić information content (AvgIpc) is 3.10. The molecular weight excluding hydrogens is 326 g/mol. The third-order valence-electron chi connectivity index (χ3n) is 4.91. The van der Waals surface area contributed by atoms with Crippen molar-refractivity contribution in [3.05, 3.63) is 29.3 Å². The summed E-state index contributed by atoms with van der Waals surface area (Å²) in [6.45, 7) is 5.96. The molecule has 1 aromatic carbocycles. The standard InChI is InChI=1S/C17H25N3O3S/c1-14-5-6-15(17(21)19-11-9-18(2)10-12-19)13-16(14)24(22,23)20-7-3-4-8-20/h5-6,13H,3-4,7-12H2,1-2H3. The third-order valence-corrected chi connectivity index (χ3v) is 6.95. The van der Waals surface area contributed by atoms with Crippen LogP contribution in [-0.2, 0) is 10.0 Å². The van der Waals surface area contributed by atoms with Gasteiger partial charge in [0.15, 0.2) is 0 Å². The first-order valence-electron chi connectivity index (χ1n) is 8.48. The molecule has 7 heteroatoms. The molecule has 2 heterocycles. The predicted octanol–water partition coefficient (Wildman–Crippen LogP) is 1.17. The number of piperazine rings is 1. The lowest BCUT2D eigenvalue weighted by Crippen LogP contribution is -2.47. The van der Waals surface area contributed by atoms with Gasteiger partial charge in [0.25, 0.3) is 5.91 Å². The second kappa shape index (κ2) is 6.82. The van der Waals surface area contributed by atoms with E-state index in [4.69, 9.17) is 0 Å². The number of benzene rings is 1. The number of hydrogen-bond donors (Lipinski definition) is 0. The first-order valence-corrected chi connectivity index (χ1v) is 9.92. The zero-order chi connectivity index (χ0) is 17.3. The number of sulfonamides is 1. The molecule has 0 bridgehead atoms. The molecule has 2 saturated heterocycles. The van der Waals surface area contributed by atoms with Crippen LogP contribution < -0.4 is 0 Å². The van der Waals surface area contributed by atoms with Crippen molar-refractivity contribution in [2.45, 2.75) is 24.7 Å². The molecule has 0 unspecified atom stereocenters. The zero-order valence-electron chi connectivity index (χ0n) is 14.4. The Morgan fingerprint density at radius 1 is 1.00 bits per heavy atom. The monoisotopic (exact) mass is 351 g/mol. The van der Waals surface area contributed by atoms with Gasteiger partial charge in [-0.3, -0.25) is 4.79 Å². The molecular formula is C17H25N3O3S. The van der Waals surface area contributed by atoms with Crippen LogP contribution in [0, 0.1) is 6.92 Å². The van der Waals surface area contributed by atoms with Crippen molar-refractivity contribution in [2.75, 3.05) is 46.3 Å². The van der Waals surface area contributed by atoms with Crippen LogP contribution in [0.5, 0.6) is 0 Å². The molecule has 2 aliphatic heterocycles. The van der Waals surface area contributed by atoms with Crippen LogP contribution in [0.15, 0.2) is 23.1 Å². The number of nitrogens with zero attached hydrogens (tertiary/aromatic N) is 3. The molecule has 0 aromatic heterocycles. The molecule has 3 rings (SSSR count). The number of aryl methyl sites for hydroxylation is 1. The lowest BCUT2D eigenvalue weighted by atomic mass is 10.1. The van der Waals surface area contributed by atoms with E-state index in [1.165, 1.54) is 4.31 Å². The van der Waals surface area contributed by atoms with Gasteiger partial charge in [-0.25, -0.2) is 8.42 Å². The molecule has 0 radical (unpaired) electrons. The molecule has 132 valence electrons. The Hall–Kier alpha value is -1.44. The Kier molecular flexibility index (Phi) is 4.94. The molecule has 0 atom stereocenters. The molecule has 0 saturated carbocycles. The van der Waals surface area contributed by atoms with E-state index in [2.05, 4.69) is 4.90 Å². The van der Waals surface area contributed by atoms with Gasteiger partial charge in [-0.1, -0.05) is 6.07 Å². The molecule has 6 nitrogen and oxygen atoms in total. The number of likely N-dealkylation sites (N-methyl/N-ethyl adjacent to an activating group) is 1. The van der Waals surface area contributed by atoms with Crippen LogP contribution >= 0.6 is 0 Å². The maximum atomic E-state index is 12.8. The highest BCUT2D eigenvalue weighted by Gasteiger charge is 2.30. The second-order valence-corrected chi connectivity index (χ2v) is 8.59. The third kappa shape index (κ3) is 3.34. The van der Waals surface area contributed by atoms with Crippen molar-refractivity contribution < 1.29 is 13.2 Å². The van der Waals surface area contributed by atoms with Crippen molar-refractivity contribution in [3.8, 4) is 0 Å². The van der Waals surface area contributed by atoms with E-state index in [0.717, 1.165) is 25.9 Å². The number of carbonyl (C=O) groups is 1. The zero-order valence-corrected chi connectivity index (χ0v) is 15.2. The van der Waals surface area contributed by atoms with Crippen LogP contribution in [0.3, 0.4) is 0 Å². The summed E-state index contributed by atoms with van der Waals surface area (Å²) in [5.41, 5.74) is 1.15. The summed E-state index contributed by atoms with van der Waals surface area (Å²) >= 11 is 0. The SMILES string of the molecule is Cc1ccc(C(=O)N2CCN(C)CC2)cc1S(=O)(=O)N1CCCC1. The molecule has 2 aliphatic rings. The Labute approximate surface area is 144 Å². The van der Waals surface area contributed by atoms with Gasteiger partial charge in [0.1, 0.15) is 0 Å². The first kappa shape index (κ1) is 17.4. The molecule has 2 fully saturated rings. The molecule has 0 spiro atoms. The van der Waals surface area contributed by atoms with Crippen LogP contribution in [0.25, 0.3) is 0 Å². The van der Waals surface area contributed by atoms with Crippen molar-refractivity contribution in [2.24, 2.45) is 0 Å². The molecule has 24 heavy (non-hydrogen) atoms. The second-order valence-electron chi connectivity index (χ2n) is 6.69. The number of rotatable bonds is 3. The minimum absolute atomic E-state index is 0.0824. The summed E-state index contributed by atoms with van der Waals surface area (Å²) in [6, 6.07) is 5.04. The van der Waals surface area contributed by atoms with E-state index >= 15 is 0 Å². The largest absolute Gasteiger partial charge is 0.336 e. The average molecular weight is 351 g/mol. The molecule has 1 amide bonds. The Morgan fingerprint density at radius 2 is 1.62 bits per heavy atom. The van der Waals surface area contributed by atoms with Gasteiger partial charge < -0.3 is 9.80 Å². The van der Waals surface area contributed by atoms with E-state index in [9.17, 15) is 13.2 Å². The van der Waals surface area contributed by atoms with Crippen molar-refractivity contribution in [1.29, 1.82) is 0 Å². The van der Waals surface area contributed by atoms with Gasteiger partial charge in [-0.15, -0.1) is 0 Å². The number of carbonyl (C=O) groups excluding carboxylic acids is 1. The quantitative estimate of drug-likeness (QED) is 0.820. The lowest BCUT2D eigenvalue weighted by molar-refractivity contribution is 0.0664. The van der Waals surface area contributed by atoms with Gasteiger partial charge in [-0.2, -0.15) is 4.31 Å². The van der Waals surface area contributed by atoms with E-state index in [1.807, 2.05) is 7.05 Å². The van der Waals surface area contributed by atoms with Crippen LogP contribution in [0.4, 0.5) is 0 Å². The summed E-state index contributed by atoms with van der Waals surface area (Å²) in [5, 5.41) is 0.